The summed E-state index contributed by atoms with van der Waals surface area (Å²) in [7, 11) is 0. The maximum absolute atomic E-state index is 5.67. The number of aryl methyl sites for hydroxylation is 1. The fourth-order valence-corrected chi connectivity index (χ4v) is 2.25. The Bertz CT molecular complexity index is 434. The average Bonchev–Trinajstić information content (AvgIpc) is 2.66. The molecule has 0 aromatic carbocycles. The van der Waals surface area contributed by atoms with Crippen molar-refractivity contribution in [1.29, 1.82) is 0 Å². The molecule has 0 aliphatic carbocycles. The van der Waals surface area contributed by atoms with Gasteiger partial charge in [0.25, 0.3) is 0 Å². The highest BCUT2D eigenvalue weighted by Gasteiger charge is 2.07. The molecule has 0 saturated carbocycles. The van der Waals surface area contributed by atoms with E-state index in [1.54, 1.807) is 11.3 Å². The average molecular weight is 204 g/mol. The summed E-state index contributed by atoms with van der Waals surface area (Å²) in [5.41, 5.74) is 9.33. The van der Waals surface area contributed by atoms with Gasteiger partial charge in [0.2, 0.25) is 0 Å². The fourth-order valence-electron chi connectivity index (χ4n) is 1.48. The first-order valence-electron chi connectivity index (χ1n) is 4.50. The highest BCUT2D eigenvalue weighted by molar-refractivity contribution is 7.10. The van der Waals surface area contributed by atoms with Gasteiger partial charge < -0.3 is 5.73 Å². The van der Waals surface area contributed by atoms with Crippen LogP contribution in [0, 0.1) is 6.92 Å². The van der Waals surface area contributed by atoms with E-state index >= 15 is 0 Å². The zero-order chi connectivity index (χ0) is 9.97. The molecule has 2 heterocycles. The molecular weight excluding hydrogens is 192 g/mol. The Morgan fingerprint density at radius 2 is 2.21 bits per heavy atom. The number of hydrogen-bond donors (Lipinski definition) is 1. The Hall–Kier alpha value is -1.19. The summed E-state index contributed by atoms with van der Waals surface area (Å²) in [6.07, 6.45) is 3.71. The SMILES string of the molecule is Cc1ccncc1-c1ccsc1CN. The van der Waals surface area contributed by atoms with Crippen molar-refractivity contribution in [2.75, 3.05) is 0 Å². The normalized spacial score (nSPS) is 10.4. The number of thiophene rings is 1. The van der Waals surface area contributed by atoms with Gasteiger partial charge in [-0.15, -0.1) is 11.3 Å². The summed E-state index contributed by atoms with van der Waals surface area (Å²) in [4.78, 5) is 5.36. The van der Waals surface area contributed by atoms with E-state index in [-0.39, 0.29) is 0 Å². The van der Waals surface area contributed by atoms with Crippen molar-refractivity contribution < 1.29 is 0 Å². The topological polar surface area (TPSA) is 38.9 Å². The van der Waals surface area contributed by atoms with Crippen LogP contribution in [-0.4, -0.2) is 4.98 Å². The summed E-state index contributed by atoms with van der Waals surface area (Å²) < 4.78 is 0. The lowest BCUT2D eigenvalue weighted by molar-refractivity contribution is 1.11. The van der Waals surface area contributed by atoms with Crippen LogP contribution in [0.2, 0.25) is 0 Å². The molecular formula is C11H12N2S. The Morgan fingerprint density at radius 1 is 1.36 bits per heavy atom. The van der Waals surface area contributed by atoms with Crippen LogP contribution in [0.3, 0.4) is 0 Å². The van der Waals surface area contributed by atoms with Gasteiger partial charge in [-0.05, 0) is 35.6 Å². The second-order valence-electron chi connectivity index (χ2n) is 3.15. The van der Waals surface area contributed by atoms with E-state index in [1.165, 1.54) is 21.6 Å². The standard InChI is InChI=1S/C11H12N2S/c1-8-2-4-13-7-10(8)9-3-5-14-11(9)6-12/h2-5,7H,6,12H2,1H3. The zero-order valence-corrected chi connectivity index (χ0v) is 8.84. The first kappa shape index (κ1) is 9.37. The van der Waals surface area contributed by atoms with E-state index in [1.807, 2.05) is 18.5 Å². The predicted octanol–water partition coefficient (Wildman–Crippen LogP) is 2.58. The second-order valence-corrected chi connectivity index (χ2v) is 4.15. The van der Waals surface area contributed by atoms with Crippen LogP contribution >= 0.6 is 11.3 Å². The minimum Gasteiger partial charge on any atom is -0.326 e. The number of hydrogen-bond acceptors (Lipinski definition) is 3. The first-order valence-corrected chi connectivity index (χ1v) is 5.38. The largest absolute Gasteiger partial charge is 0.326 e. The van der Waals surface area contributed by atoms with Crippen LogP contribution in [0.25, 0.3) is 11.1 Å². The van der Waals surface area contributed by atoms with E-state index in [2.05, 4.69) is 23.4 Å². The molecule has 0 bridgehead atoms. The van der Waals surface area contributed by atoms with Crippen LogP contribution in [-0.2, 0) is 6.54 Å². The molecule has 3 heteroatoms. The van der Waals surface area contributed by atoms with Crippen LogP contribution in [0.1, 0.15) is 10.4 Å². The Kier molecular flexibility index (Phi) is 2.61. The molecule has 14 heavy (non-hydrogen) atoms. The van der Waals surface area contributed by atoms with Crippen molar-refractivity contribution in [3.63, 3.8) is 0 Å². The lowest BCUT2D eigenvalue weighted by Gasteiger charge is -2.04. The van der Waals surface area contributed by atoms with Crippen LogP contribution in [0.15, 0.2) is 29.9 Å². The molecule has 0 aliphatic rings. The molecule has 0 radical (unpaired) electrons. The molecule has 0 atom stereocenters. The van der Waals surface area contributed by atoms with Crippen molar-refractivity contribution in [3.05, 3.63) is 40.3 Å². The molecule has 0 spiro atoms. The van der Waals surface area contributed by atoms with Crippen LogP contribution < -0.4 is 5.73 Å². The molecule has 0 saturated heterocycles. The van der Waals surface area contributed by atoms with Gasteiger partial charge in [0.05, 0.1) is 0 Å². The van der Waals surface area contributed by atoms with Crippen LogP contribution in [0.5, 0.6) is 0 Å². The van der Waals surface area contributed by atoms with E-state index in [0.29, 0.717) is 6.54 Å². The lowest BCUT2D eigenvalue weighted by atomic mass is 10.0. The number of pyridine rings is 1. The van der Waals surface area contributed by atoms with E-state index in [0.717, 1.165) is 0 Å². The number of nitrogens with zero attached hydrogens (tertiary/aromatic N) is 1. The van der Waals surface area contributed by atoms with E-state index in [9.17, 15) is 0 Å². The monoisotopic (exact) mass is 204 g/mol. The molecule has 2 N–H and O–H groups in total. The molecule has 2 aromatic rings. The van der Waals surface area contributed by atoms with Crippen molar-refractivity contribution >= 4 is 11.3 Å². The van der Waals surface area contributed by atoms with Gasteiger partial charge in [-0.1, -0.05) is 0 Å². The number of rotatable bonds is 2. The van der Waals surface area contributed by atoms with Crippen molar-refractivity contribution in [3.8, 4) is 11.1 Å². The lowest BCUT2D eigenvalue weighted by Crippen LogP contribution is -1.95. The molecule has 2 aromatic heterocycles. The molecule has 72 valence electrons. The zero-order valence-electron chi connectivity index (χ0n) is 8.03. The summed E-state index contributed by atoms with van der Waals surface area (Å²) in [5, 5.41) is 2.07. The highest BCUT2D eigenvalue weighted by Crippen LogP contribution is 2.29. The minimum absolute atomic E-state index is 0.599. The van der Waals surface area contributed by atoms with Gasteiger partial charge >= 0.3 is 0 Å². The van der Waals surface area contributed by atoms with Crippen molar-refractivity contribution in [1.82, 2.24) is 4.98 Å². The smallest absolute Gasteiger partial charge is 0.0349 e. The fraction of sp³-hybridized carbons (Fsp3) is 0.182. The molecule has 0 amide bonds. The third-order valence-corrected chi connectivity index (χ3v) is 3.20. The van der Waals surface area contributed by atoms with Crippen molar-refractivity contribution in [2.24, 2.45) is 5.73 Å². The molecule has 2 nitrogen and oxygen atoms in total. The molecule has 2 rings (SSSR count). The summed E-state index contributed by atoms with van der Waals surface area (Å²) in [6.45, 7) is 2.69. The van der Waals surface area contributed by atoms with Gasteiger partial charge in [-0.25, -0.2) is 0 Å². The summed E-state index contributed by atoms with van der Waals surface area (Å²) >= 11 is 1.70. The molecule has 0 aliphatic heterocycles. The third-order valence-electron chi connectivity index (χ3n) is 2.26. The number of nitrogens with two attached hydrogens (primary N) is 1. The third kappa shape index (κ3) is 1.56. The number of aromatic nitrogens is 1. The van der Waals surface area contributed by atoms with Gasteiger partial charge in [0, 0.05) is 29.4 Å². The van der Waals surface area contributed by atoms with Gasteiger partial charge in [-0.2, -0.15) is 0 Å². The minimum atomic E-state index is 0.599. The predicted molar refractivity (Wildman–Crippen MR) is 60.2 cm³/mol. The Morgan fingerprint density at radius 3 is 2.93 bits per heavy atom. The quantitative estimate of drug-likeness (QED) is 0.816. The van der Waals surface area contributed by atoms with Crippen LogP contribution in [0.4, 0.5) is 0 Å². The first-order chi connectivity index (χ1) is 6.83. The highest BCUT2D eigenvalue weighted by atomic mass is 32.1. The van der Waals surface area contributed by atoms with E-state index < -0.39 is 0 Å². The van der Waals surface area contributed by atoms with Gasteiger partial charge in [-0.3, -0.25) is 4.98 Å². The summed E-state index contributed by atoms with van der Waals surface area (Å²) in [6, 6.07) is 4.13. The van der Waals surface area contributed by atoms with Gasteiger partial charge in [0.15, 0.2) is 0 Å². The van der Waals surface area contributed by atoms with Gasteiger partial charge in [0.1, 0.15) is 0 Å². The Labute approximate surface area is 87.4 Å². The maximum atomic E-state index is 5.67. The Balaban J connectivity index is 2.54. The summed E-state index contributed by atoms with van der Waals surface area (Å²) in [5.74, 6) is 0. The van der Waals surface area contributed by atoms with Crippen molar-refractivity contribution in [2.45, 2.75) is 13.5 Å². The molecule has 0 fully saturated rings. The second kappa shape index (κ2) is 3.90. The molecule has 0 unspecified atom stereocenters. The van der Waals surface area contributed by atoms with E-state index in [4.69, 9.17) is 5.73 Å². The maximum Gasteiger partial charge on any atom is 0.0349 e.